The van der Waals surface area contributed by atoms with Crippen molar-refractivity contribution in [3.63, 3.8) is 0 Å². The second-order valence-electron chi connectivity index (χ2n) is 4.94. The Bertz CT molecular complexity index is 450. The van der Waals surface area contributed by atoms with Gasteiger partial charge in [-0.2, -0.15) is 0 Å². The Balaban J connectivity index is 2.64. The zero-order valence-electron chi connectivity index (χ0n) is 13.1. The number of hydrogen-bond acceptors (Lipinski definition) is 4. The zero-order chi connectivity index (χ0) is 15.7. The average molecular weight is 292 g/mol. The van der Waals surface area contributed by atoms with Crippen molar-refractivity contribution < 1.29 is 19.1 Å². The van der Waals surface area contributed by atoms with Crippen LogP contribution in [0.4, 0.5) is 0 Å². The summed E-state index contributed by atoms with van der Waals surface area (Å²) < 4.78 is 10.5. The summed E-state index contributed by atoms with van der Waals surface area (Å²) >= 11 is 0. The van der Waals surface area contributed by atoms with Crippen LogP contribution in [0.25, 0.3) is 0 Å². The lowest BCUT2D eigenvalue weighted by molar-refractivity contribution is 0.0270. The molecule has 0 saturated carbocycles. The lowest BCUT2D eigenvalue weighted by Gasteiger charge is -2.15. The quantitative estimate of drug-likeness (QED) is 0.680. The Labute approximate surface area is 126 Å². The molecule has 0 aliphatic carbocycles. The Hall–Kier alpha value is -1.84. The highest BCUT2D eigenvalue weighted by Gasteiger charge is 2.14. The molecular formula is C17H24O4. The van der Waals surface area contributed by atoms with Gasteiger partial charge in [-0.3, -0.25) is 0 Å². The summed E-state index contributed by atoms with van der Waals surface area (Å²) in [6.07, 6.45) is 3.39. The van der Waals surface area contributed by atoms with Crippen LogP contribution >= 0.6 is 0 Å². The zero-order valence-corrected chi connectivity index (χ0v) is 13.1. The minimum absolute atomic E-state index is 0.0447. The van der Waals surface area contributed by atoms with E-state index in [4.69, 9.17) is 9.47 Å². The first kappa shape index (κ1) is 17.2. The highest BCUT2D eigenvalue weighted by Crippen LogP contribution is 2.12. The molecule has 21 heavy (non-hydrogen) atoms. The molecule has 1 aromatic rings. The number of hydrogen-bond donors (Lipinski definition) is 0. The monoisotopic (exact) mass is 292 g/mol. The van der Waals surface area contributed by atoms with Gasteiger partial charge in [-0.15, -0.1) is 0 Å². The Morgan fingerprint density at radius 3 is 2.00 bits per heavy atom. The summed E-state index contributed by atoms with van der Waals surface area (Å²) in [5.74, 6) is -0.710. The molecular weight excluding hydrogens is 268 g/mol. The number of esters is 2. The van der Waals surface area contributed by atoms with E-state index in [0.29, 0.717) is 17.7 Å². The Kier molecular flexibility index (Phi) is 7.51. The smallest absolute Gasteiger partial charge is 0.338 e. The van der Waals surface area contributed by atoms with Crippen molar-refractivity contribution in [2.24, 2.45) is 0 Å². The summed E-state index contributed by atoms with van der Waals surface area (Å²) in [6, 6.07) is 6.39. The molecule has 1 atom stereocenters. The van der Waals surface area contributed by atoms with Crippen LogP contribution in [0.3, 0.4) is 0 Å². The minimum atomic E-state index is -0.366. The number of ether oxygens (including phenoxy) is 2. The summed E-state index contributed by atoms with van der Waals surface area (Å²) in [5, 5.41) is 0. The van der Waals surface area contributed by atoms with Crippen molar-refractivity contribution in [1.82, 2.24) is 0 Å². The van der Waals surface area contributed by atoms with Crippen LogP contribution in [-0.4, -0.2) is 24.6 Å². The molecule has 0 spiro atoms. The maximum atomic E-state index is 12.0. The minimum Gasteiger partial charge on any atom is -0.462 e. The molecule has 0 N–H and O–H groups in total. The lowest BCUT2D eigenvalue weighted by atomic mass is 10.1. The second kappa shape index (κ2) is 9.16. The van der Waals surface area contributed by atoms with E-state index >= 15 is 0 Å². The van der Waals surface area contributed by atoms with Crippen molar-refractivity contribution in [2.45, 2.75) is 52.6 Å². The SMILES string of the molecule is CCCOC(=O)c1ccc(C(=O)OC(CC)CCC)cc1. The van der Waals surface area contributed by atoms with Crippen molar-refractivity contribution in [2.75, 3.05) is 6.61 Å². The highest BCUT2D eigenvalue weighted by atomic mass is 16.5. The normalized spacial score (nSPS) is 11.8. The van der Waals surface area contributed by atoms with E-state index in [1.807, 2.05) is 13.8 Å². The van der Waals surface area contributed by atoms with Crippen LogP contribution in [0.1, 0.15) is 67.2 Å². The van der Waals surface area contributed by atoms with Crippen molar-refractivity contribution in [3.8, 4) is 0 Å². The molecule has 116 valence electrons. The molecule has 0 heterocycles. The molecule has 1 unspecified atom stereocenters. The van der Waals surface area contributed by atoms with Crippen molar-refractivity contribution in [1.29, 1.82) is 0 Å². The maximum Gasteiger partial charge on any atom is 0.338 e. The molecule has 0 bridgehead atoms. The van der Waals surface area contributed by atoms with E-state index < -0.39 is 0 Å². The Morgan fingerprint density at radius 1 is 0.952 bits per heavy atom. The van der Waals surface area contributed by atoms with Crippen molar-refractivity contribution in [3.05, 3.63) is 35.4 Å². The van der Waals surface area contributed by atoms with Crippen LogP contribution in [-0.2, 0) is 9.47 Å². The number of rotatable bonds is 8. The summed E-state index contributed by atoms with van der Waals surface area (Å²) in [5.41, 5.74) is 0.900. The third kappa shape index (κ3) is 5.58. The molecule has 0 fully saturated rings. The van der Waals surface area contributed by atoms with Gasteiger partial charge in [0, 0.05) is 0 Å². The predicted octanol–water partition coefficient (Wildman–Crippen LogP) is 3.99. The number of carbonyl (C=O) groups excluding carboxylic acids is 2. The van der Waals surface area contributed by atoms with Gasteiger partial charge >= 0.3 is 11.9 Å². The average Bonchev–Trinajstić information content (AvgIpc) is 2.52. The fourth-order valence-corrected chi connectivity index (χ4v) is 1.91. The largest absolute Gasteiger partial charge is 0.462 e. The molecule has 0 aromatic heterocycles. The van der Waals surface area contributed by atoms with Gasteiger partial charge in [-0.1, -0.05) is 27.2 Å². The molecule has 1 aromatic carbocycles. The van der Waals surface area contributed by atoms with Gasteiger partial charge in [-0.25, -0.2) is 9.59 Å². The third-order valence-electron chi connectivity index (χ3n) is 3.13. The molecule has 0 radical (unpaired) electrons. The summed E-state index contributed by atoms with van der Waals surface area (Å²) in [7, 11) is 0. The van der Waals surface area contributed by atoms with E-state index in [-0.39, 0.29) is 18.0 Å². The first-order valence-electron chi connectivity index (χ1n) is 7.60. The molecule has 4 nitrogen and oxygen atoms in total. The van der Waals surface area contributed by atoms with E-state index in [1.54, 1.807) is 24.3 Å². The predicted molar refractivity (Wildman–Crippen MR) is 81.4 cm³/mol. The fraction of sp³-hybridized carbons (Fsp3) is 0.529. The second-order valence-corrected chi connectivity index (χ2v) is 4.94. The first-order valence-corrected chi connectivity index (χ1v) is 7.60. The molecule has 0 saturated heterocycles. The van der Waals surface area contributed by atoms with E-state index in [0.717, 1.165) is 25.7 Å². The fourth-order valence-electron chi connectivity index (χ4n) is 1.91. The molecule has 0 aliphatic heterocycles. The van der Waals surface area contributed by atoms with Gasteiger partial charge in [0.05, 0.1) is 17.7 Å². The van der Waals surface area contributed by atoms with Gasteiger partial charge < -0.3 is 9.47 Å². The van der Waals surface area contributed by atoms with Crippen LogP contribution in [0.2, 0.25) is 0 Å². The topological polar surface area (TPSA) is 52.6 Å². The van der Waals surface area contributed by atoms with Crippen LogP contribution in [0.5, 0.6) is 0 Å². The van der Waals surface area contributed by atoms with Gasteiger partial charge in [0.15, 0.2) is 0 Å². The van der Waals surface area contributed by atoms with Gasteiger partial charge in [0.2, 0.25) is 0 Å². The van der Waals surface area contributed by atoms with E-state index in [9.17, 15) is 9.59 Å². The molecule has 4 heteroatoms. The van der Waals surface area contributed by atoms with Crippen molar-refractivity contribution >= 4 is 11.9 Å². The number of benzene rings is 1. The van der Waals surface area contributed by atoms with Gasteiger partial charge in [-0.05, 0) is 43.5 Å². The summed E-state index contributed by atoms with van der Waals surface area (Å²) in [4.78, 5) is 23.7. The van der Waals surface area contributed by atoms with E-state index in [2.05, 4.69) is 6.92 Å². The standard InChI is InChI=1S/C17H24O4/c1-4-7-15(6-3)21-17(19)14-10-8-13(9-11-14)16(18)20-12-5-2/h8-11,15H,4-7,12H2,1-3H3. The molecule has 0 amide bonds. The first-order chi connectivity index (χ1) is 10.1. The van der Waals surface area contributed by atoms with Gasteiger partial charge in [0.25, 0.3) is 0 Å². The van der Waals surface area contributed by atoms with Crippen LogP contribution < -0.4 is 0 Å². The number of carbonyl (C=O) groups is 2. The Morgan fingerprint density at radius 2 is 1.52 bits per heavy atom. The third-order valence-corrected chi connectivity index (χ3v) is 3.13. The highest BCUT2D eigenvalue weighted by molar-refractivity contribution is 5.93. The maximum absolute atomic E-state index is 12.0. The van der Waals surface area contributed by atoms with Crippen LogP contribution in [0, 0.1) is 0 Å². The molecule has 1 rings (SSSR count). The van der Waals surface area contributed by atoms with Gasteiger partial charge in [0.1, 0.15) is 6.10 Å². The van der Waals surface area contributed by atoms with Crippen LogP contribution in [0.15, 0.2) is 24.3 Å². The van der Waals surface area contributed by atoms with E-state index in [1.165, 1.54) is 0 Å². The summed E-state index contributed by atoms with van der Waals surface area (Å²) in [6.45, 7) is 6.40. The molecule has 0 aliphatic rings. The lowest BCUT2D eigenvalue weighted by Crippen LogP contribution is -2.17.